The van der Waals surface area contributed by atoms with Gasteiger partial charge in [0.15, 0.2) is 0 Å². The lowest BCUT2D eigenvalue weighted by Gasteiger charge is -2.01. The highest BCUT2D eigenvalue weighted by atomic mass is 16.5. The topological polar surface area (TPSA) is 76.7 Å². The first-order chi connectivity index (χ1) is 8.33. The highest BCUT2D eigenvalue weighted by Gasteiger charge is 2.22. The fourth-order valence-corrected chi connectivity index (χ4v) is 1.89. The first-order valence-corrected chi connectivity index (χ1v) is 5.70. The highest BCUT2D eigenvalue weighted by Crippen LogP contribution is 2.23. The van der Waals surface area contributed by atoms with Gasteiger partial charge in [-0.1, -0.05) is 5.16 Å². The van der Waals surface area contributed by atoms with Crippen molar-refractivity contribution in [2.45, 2.75) is 25.8 Å². The summed E-state index contributed by atoms with van der Waals surface area (Å²) in [5.41, 5.74) is 1.51. The normalized spacial score (nSPS) is 19.7. The Morgan fingerprint density at radius 1 is 1.35 bits per heavy atom. The Labute approximate surface area is 98.4 Å². The molecule has 17 heavy (non-hydrogen) atoms. The standard InChI is InChI=1S/C11H13N5O/c1-7-4-5-8(15-14-7)10-13-11(17-16-10)9-3-2-6-12-9/h4-5,9,12H,2-3,6H2,1H3/t9-/m1/s1. The van der Waals surface area contributed by atoms with Gasteiger partial charge in [-0.25, -0.2) is 0 Å². The molecule has 6 heteroatoms. The number of hydrogen-bond acceptors (Lipinski definition) is 6. The van der Waals surface area contributed by atoms with E-state index in [-0.39, 0.29) is 6.04 Å². The molecule has 1 saturated heterocycles. The van der Waals surface area contributed by atoms with Crippen molar-refractivity contribution < 1.29 is 4.52 Å². The second-order valence-corrected chi connectivity index (χ2v) is 4.17. The molecule has 0 aromatic carbocycles. The number of aryl methyl sites for hydroxylation is 1. The maximum Gasteiger partial charge on any atom is 0.244 e. The van der Waals surface area contributed by atoms with Crippen molar-refractivity contribution in [2.75, 3.05) is 6.54 Å². The molecule has 1 atom stereocenters. The van der Waals surface area contributed by atoms with Crippen LogP contribution >= 0.6 is 0 Å². The second-order valence-electron chi connectivity index (χ2n) is 4.17. The van der Waals surface area contributed by atoms with Gasteiger partial charge in [0.25, 0.3) is 0 Å². The number of hydrogen-bond donors (Lipinski definition) is 1. The Morgan fingerprint density at radius 2 is 2.29 bits per heavy atom. The summed E-state index contributed by atoms with van der Waals surface area (Å²) in [6, 6.07) is 3.92. The Balaban J connectivity index is 1.86. The van der Waals surface area contributed by atoms with Crippen LogP contribution in [0.3, 0.4) is 0 Å². The maximum absolute atomic E-state index is 5.24. The molecule has 6 nitrogen and oxygen atoms in total. The van der Waals surface area contributed by atoms with Gasteiger partial charge in [-0.2, -0.15) is 10.1 Å². The van der Waals surface area contributed by atoms with Crippen molar-refractivity contribution in [3.63, 3.8) is 0 Å². The van der Waals surface area contributed by atoms with Crippen LogP contribution in [0.15, 0.2) is 16.7 Å². The largest absolute Gasteiger partial charge is 0.337 e. The third-order valence-electron chi connectivity index (χ3n) is 2.83. The van der Waals surface area contributed by atoms with E-state index < -0.39 is 0 Å². The predicted molar refractivity (Wildman–Crippen MR) is 60.0 cm³/mol. The van der Waals surface area contributed by atoms with Crippen LogP contribution in [0, 0.1) is 6.92 Å². The fourth-order valence-electron chi connectivity index (χ4n) is 1.89. The smallest absolute Gasteiger partial charge is 0.244 e. The van der Waals surface area contributed by atoms with Crippen LogP contribution in [0.1, 0.15) is 30.5 Å². The summed E-state index contributed by atoms with van der Waals surface area (Å²) in [7, 11) is 0. The molecule has 0 spiro atoms. The zero-order valence-electron chi connectivity index (χ0n) is 9.55. The molecule has 0 aliphatic carbocycles. The van der Waals surface area contributed by atoms with Crippen molar-refractivity contribution in [2.24, 2.45) is 0 Å². The van der Waals surface area contributed by atoms with Crippen molar-refractivity contribution in [3.8, 4) is 11.5 Å². The monoisotopic (exact) mass is 231 g/mol. The van der Waals surface area contributed by atoms with Gasteiger partial charge in [-0.3, -0.25) is 0 Å². The minimum atomic E-state index is 0.189. The zero-order valence-corrected chi connectivity index (χ0v) is 9.55. The second kappa shape index (κ2) is 4.21. The molecule has 0 saturated carbocycles. The lowest BCUT2D eigenvalue weighted by Crippen LogP contribution is -2.12. The summed E-state index contributed by atoms with van der Waals surface area (Å²) in [4.78, 5) is 4.35. The average Bonchev–Trinajstić information content (AvgIpc) is 3.00. The molecule has 2 aromatic rings. The van der Waals surface area contributed by atoms with Gasteiger partial charge >= 0.3 is 0 Å². The molecule has 0 radical (unpaired) electrons. The number of rotatable bonds is 2. The van der Waals surface area contributed by atoms with Gasteiger partial charge in [-0.05, 0) is 38.4 Å². The summed E-state index contributed by atoms with van der Waals surface area (Å²) < 4.78 is 5.24. The molecule has 1 aliphatic rings. The molecule has 1 N–H and O–H groups in total. The molecular weight excluding hydrogens is 218 g/mol. The third kappa shape index (κ3) is 2.03. The van der Waals surface area contributed by atoms with E-state index >= 15 is 0 Å². The highest BCUT2D eigenvalue weighted by molar-refractivity contribution is 5.46. The molecule has 88 valence electrons. The van der Waals surface area contributed by atoms with Crippen LogP contribution in [0.4, 0.5) is 0 Å². The Hall–Kier alpha value is -1.82. The van der Waals surface area contributed by atoms with E-state index in [2.05, 4.69) is 25.7 Å². The molecule has 1 fully saturated rings. The third-order valence-corrected chi connectivity index (χ3v) is 2.83. The maximum atomic E-state index is 5.24. The Morgan fingerprint density at radius 3 is 3.00 bits per heavy atom. The van der Waals surface area contributed by atoms with Crippen LogP contribution in [-0.4, -0.2) is 26.9 Å². The van der Waals surface area contributed by atoms with E-state index in [9.17, 15) is 0 Å². The predicted octanol–water partition coefficient (Wildman–Crippen LogP) is 1.26. The van der Waals surface area contributed by atoms with Gasteiger partial charge in [-0.15, -0.1) is 5.10 Å². The molecule has 2 aromatic heterocycles. The quantitative estimate of drug-likeness (QED) is 0.838. The SMILES string of the molecule is Cc1ccc(-c2noc([C@H]3CCCN3)n2)nn1. The molecule has 0 bridgehead atoms. The number of nitrogens with one attached hydrogen (secondary N) is 1. The first kappa shape index (κ1) is 10.3. The molecule has 0 amide bonds. The lowest BCUT2D eigenvalue weighted by molar-refractivity contribution is 0.345. The Kier molecular flexibility index (Phi) is 2.56. The molecule has 3 heterocycles. The van der Waals surface area contributed by atoms with Gasteiger partial charge in [0.05, 0.1) is 11.7 Å². The Bertz CT molecular complexity index is 501. The zero-order chi connectivity index (χ0) is 11.7. The van der Waals surface area contributed by atoms with E-state index in [1.54, 1.807) is 0 Å². The van der Waals surface area contributed by atoms with Gasteiger partial charge < -0.3 is 9.84 Å². The summed E-state index contributed by atoms with van der Waals surface area (Å²) in [6.07, 6.45) is 2.19. The van der Waals surface area contributed by atoms with E-state index in [0.717, 1.165) is 25.1 Å². The van der Waals surface area contributed by atoms with Crippen LogP contribution < -0.4 is 5.32 Å². The van der Waals surface area contributed by atoms with Gasteiger partial charge in [0.1, 0.15) is 5.69 Å². The van der Waals surface area contributed by atoms with E-state index in [1.807, 2.05) is 19.1 Å². The van der Waals surface area contributed by atoms with Crippen molar-refractivity contribution in [1.82, 2.24) is 25.7 Å². The van der Waals surface area contributed by atoms with E-state index in [1.165, 1.54) is 0 Å². The molecule has 3 rings (SSSR count). The summed E-state index contributed by atoms with van der Waals surface area (Å²) in [6.45, 7) is 2.90. The van der Waals surface area contributed by atoms with Crippen molar-refractivity contribution >= 4 is 0 Å². The minimum absolute atomic E-state index is 0.189. The summed E-state index contributed by atoms with van der Waals surface area (Å²) in [5.74, 6) is 1.14. The lowest BCUT2D eigenvalue weighted by atomic mass is 10.2. The van der Waals surface area contributed by atoms with Crippen LogP contribution in [0.2, 0.25) is 0 Å². The van der Waals surface area contributed by atoms with Gasteiger partial charge in [0, 0.05) is 0 Å². The van der Waals surface area contributed by atoms with E-state index in [4.69, 9.17) is 4.52 Å². The van der Waals surface area contributed by atoms with Gasteiger partial charge in [0.2, 0.25) is 11.7 Å². The van der Waals surface area contributed by atoms with Crippen LogP contribution in [-0.2, 0) is 0 Å². The first-order valence-electron chi connectivity index (χ1n) is 5.70. The van der Waals surface area contributed by atoms with Crippen LogP contribution in [0.25, 0.3) is 11.5 Å². The minimum Gasteiger partial charge on any atom is -0.337 e. The molecule has 0 unspecified atom stereocenters. The average molecular weight is 231 g/mol. The molecule has 1 aliphatic heterocycles. The summed E-state index contributed by atoms with van der Waals surface area (Å²) >= 11 is 0. The molecular formula is C11H13N5O. The number of aromatic nitrogens is 4. The fraction of sp³-hybridized carbons (Fsp3) is 0.455. The number of nitrogens with zero attached hydrogens (tertiary/aromatic N) is 4. The summed E-state index contributed by atoms with van der Waals surface area (Å²) in [5, 5.41) is 15.3. The van der Waals surface area contributed by atoms with Crippen molar-refractivity contribution in [3.05, 3.63) is 23.7 Å². The van der Waals surface area contributed by atoms with Crippen molar-refractivity contribution in [1.29, 1.82) is 0 Å². The van der Waals surface area contributed by atoms with E-state index in [0.29, 0.717) is 17.4 Å². The van der Waals surface area contributed by atoms with Crippen LogP contribution in [0.5, 0.6) is 0 Å².